The maximum atomic E-state index is 11.5. The topological polar surface area (TPSA) is 128 Å². The molecule has 17 heavy (non-hydrogen) atoms. The van der Waals surface area contributed by atoms with Gasteiger partial charge in [0, 0.05) is 6.07 Å². The fourth-order valence-electron chi connectivity index (χ4n) is 1.09. The van der Waals surface area contributed by atoms with Gasteiger partial charge in [-0.2, -0.15) is 0 Å². The molecular formula is C8H6N2O7. The fraction of sp³-hybridized carbons (Fsp3) is 0.250. The minimum absolute atomic E-state index is 0.242. The zero-order chi connectivity index (χ0) is 12.6. The van der Waals surface area contributed by atoms with Crippen molar-refractivity contribution in [3.05, 3.63) is 22.6 Å². The number of aliphatic hydroxyl groups excluding tert-OH is 2. The second-order valence-electron chi connectivity index (χ2n) is 3.09. The second kappa shape index (κ2) is 3.96. The van der Waals surface area contributed by atoms with Gasteiger partial charge in [-0.05, 0) is 4.85 Å². The van der Waals surface area contributed by atoms with Crippen molar-refractivity contribution in [2.75, 3.05) is 0 Å². The number of aliphatic hydroxyl groups is 2. The predicted octanol–water partition coefficient (Wildman–Crippen LogP) is -3.16. The van der Waals surface area contributed by atoms with Gasteiger partial charge in [-0.25, -0.2) is 9.59 Å². The maximum Gasteiger partial charge on any atom is 0.366 e. The Labute approximate surface area is 92.8 Å². The lowest BCUT2D eigenvalue weighted by molar-refractivity contribution is -0.168. The highest BCUT2D eigenvalue weighted by atomic mass is 16.7. The van der Waals surface area contributed by atoms with E-state index < -0.39 is 35.5 Å². The number of esters is 1. The standard InChI is InChI=1S/C8H6N2O7/c11-4-5(12)8(15)17-10-6(13)3(1-2-9-10)16-7(4)14/h1-2,4-5,11-12H. The zero-order valence-electron chi connectivity index (χ0n) is 8.14. The van der Waals surface area contributed by atoms with E-state index in [1.807, 2.05) is 0 Å². The minimum Gasteiger partial charge on any atom is -0.418 e. The molecule has 0 saturated carbocycles. The van der Waals surface area contributed by atoms with Crippen LogP contribution in [0.5, 0.6) is 5.75 Å². The van der Waals surface area contributed by atoms with Crippen molar-refractivity contribution < 1.29 is 29.4 Å². The first-order valence-corrected chi connectivity index (χ1v) is 4.39. The fourth-order valence-corrected chi connectivity index (χ4v) is 1.09. The van der Waals surface area contributed by atoms with Crippen molar-refractivity contribution in [3.8, 4) is 5.75 Å². The monoisotopic (exact) mass is 242 g/mol. The Kier molecular flexibility index (Phi) is 2.61. The van der Waals surface area contributed by atoms with E-state index in [-0.39, 0.29) is 4.85 Å². The number of carbonyl (C=O) groups excluding carboxylic acids is 2. The molecular weight excluding hydrogens is 236 g/mol. The first-order chi connectivity index (χ1) is 8.00. The van der Waals surface area contributed by atoms with Crippen molar-refractivity contribution in [2.45, 2.75) is 12.2 Å². The highest BCUT2D eigenvalue weighted by molar-refractivity contribution is 5.86. The molecule has 2 N–H and O–H groups in total. The zero-order valence-corrected chi connectivity index (χ0v) is 8.14. The van der Waals surface area contributed by atoms with Crippen molar-refractivity contribution in [2.24, 2.45) is 0 Å². The van der Waals surface area contributed by atoms with E-state index in [4.69, 9.17) is 0 Å². The summed E-state index contributed by atoms with van der Waals surface area (Å²) in [7, 11) is 0. The SMILES string of the molecule is O=C1Oc2ccnn(c2=O)OC(=O)C(O)C1O. The van der Waals surface area contributed by atoms with Crippen LogP contribution in [-0.2, 0) is 9.59 Å². The second-order valence-corrected chi connectivity index (χ2v) is 3.09. The average Bonchev–Trinajstić information content (AvgIpc) is 2.33. The third-order valence-corrected chi connectivity index (χ3v) is 1.95. The molecule has 0 fully saturated rings. The molecule has 0 aromatic carbocycles. The molecule has 0 aliphatic carbocycles. The number of ether oxygens (including phenoxy) is 1. The van der Waals surface area contributed by atoms with Gasteiger partial charge in [0.15, 0.2) is 12.2 Å². The van der Waals surface area contributed by atoms with Crippen LogP contribution < -0.4 is 15.1 Å². The minimum atomic E-state index is -2.16. The molecule has 2 unspecified atom stereocenters. The molecule has 0 spiro atoms. The first kappa shape index (κ1) is 11.2. The quantitative estimate of drug-likeness (QED) is 0.456. The van der Waals surface area contributed by atoms with Gasteiger partial charge >= 0.3 is 17.5 Å². The number of hydrogen-bond acceptors (Lipinski definition) is 8. The normalized spacial score (nSPS) is 24.1. The third kappa shape index (κ3) is 1.88. The Bertz CT molecular complexity index is 494. The van der Waals surface area contributed by atoms with Crippen molar-refractivity contribution in [3.63, 3.8) is 0 Å². The Morgan fingerprint density at radius 2 is 1.82 bits per heavy atom. The molecule has 2 atom stereocenters. The van der Waals surface area contributed by atoms with Gasteiger partial charge in [0.05, 0.1) is 6.20 Å². The van der Waals surface area contributed by atoms with Crippen LogP contribution in [0.4, 0.5) is 0 Å². The molecule has 9 nitrogen and oxygen atoms in total. The molecule has 9 heteroatoms. The van der Waals surface area contributed by atoms with Crippen LogP contribution in [0.3, 0.4) is 0 Å². The number of carbonyl (C=O) groups is 2. The summed E-state index contributed by atoms with van der Waals surface area (Å²) >= 11 is 0. The number of fused-ring (bicyclic) bond motifs is 2. The van der Waals surface area contributed by atoms with Gasteiger partial charge in [0.2, 0.25) is 5.75 Å². The Balaban J connectivity index is 2.53. The predicted molar refractivity (Wildman–Crippen MR) is 47.7 cm³/mol. The van der Waals surface area contributed by atoms with Crippen LogP contribution >= 0.6 is 0 Å². The summed E-state index contributed by atoms with van der Waals surface area (Å²) in [5.41, 5.74) is -1.00. The van der Waals surface area contributed by atoms with Crippen LogP contribution in [0, 0.1) is 0 Å². The summed E-state index contributed by atoms with van der Waals surface area (Å²) < 4.78 is 4.48. The van der Waals surface area contributed by atoms with Crippen LogP contribution in [0.1, 0.15) is 0 Å². The van der Waals surface area contributed by atoms with Crippen LogP contribution in [-0.4, -0.2) is 44.3 Å². The lowest BCUT2D eigenvalue weighted by Crippen LogP contribution is -2.45. The summed E-state index contributed by atoms with van der Waals surface area (Å²) in [6, 6.07) is 1.05. The highest BCUT2D eigenvalue weighted by Gasteiger charge is 2.36. The largest absolute Gasteiger partial charge is 0.418 e. The van der Waals surface area contributed by atoms with E-state index in [0.717, 1.165) is 12.3 Å². The van der Waals surface area contributed by atoms with E-state index in [9.17, 15) is 24.6 Å². The molecule has 1 aromatic heterocycles. The van der Waals surface area contributed by atoms with Gasteiger partial charge < -0.3 is 19.8 Å². The summed E-state index contributed by atoms with van der Waals surface area (Å²) in [5.74, 6) is -3.22. The van der Waals surface area contributed by atoms with Crippen LogP contribution in [0.15, 0.2) is 17.1 Å². The van der Waals surface area contributed by atoms with Gasteiger partial charge in [0.25, 0.3) is 0 Å². The van der Waals surface area contributed by atoms with Gasteiger partial charge in [-0.15, -0.1) is 5.10 Å². The van der Waals surface area contributed by atoms with Crippen molar-refractivity contribution in [1.29, 1.82) is 0 Å². The van der Waals surface area contributed by atoms with E-state index in [2.05, 4.69) is 14.7 Å². The van der Waals surface area contributed by atoms with Crippen LogP contribution in [0.2, 0.25) is 0 Å². The van der Waals surface area contributed by atoms with Gasteiger partial charge in [-0.1, -0.05) is 0 Å². The molecule has 0 radical (unpaired) electrons. The average molecular weight is 242 g/mol. The first-order valence-electron chi connectivity index (χ1n) is 4.39. The van der Waals surface area contributed by atoms with Crippen LogP contribution in [0.25, 0.3) is 0 Å². The molecule has 2 bridgehead atoms. The summed E-state index contributed by atoms with van der Waals surface area (Å²) in [5, 5.41) is 21.8. The number of aromatic nitrogens is 2. The summed E-state index contributed by atoms with van der Waals surface area (Å²) in [4.78, 5) is 38.5. The molecule has 1 aliphatic rings. The highest BCUT2D eigenvalue weighted by Crippen LogP contribution is 2.06. The van der Waals surface area contributed by atoms with Crippen molar-refractivity contribution in [1.82, 2.24) is 9.94 Å². The molecule has 2 rings (SSSR count). The van der Waals surface area contributed by atoms with Crippen molar-refractivity contribution >= 4 is 11.9 Å². The maximum absolute atomic E-state index is 11.5. The summed E-state index contributed by atoms with van der Waals surface area (Å²) in [6.45, 7) is 0. The third-order valence-electron chi connectivity index (χ3n) is 1.95. The molecule has 90 valence electrons. The Hall–Kier alpha value is -2.26. The number of rotatable bonds is 0. The lowest BCUT2D eigenvalue weighted by Gasteiger charge is -2.11. The molecule has 1 aliphatic heterocycles. The smallest absolute Gasteiger partial charge is 0.366 e. The summed E-state index contributed by atoms with van der Waals surface area (Å²) in [6.07, 6.45) is -3.26. The molecule has 2 heterocycles. The Morgan fingerprint density at radius 1 is 1.18 bits per heavy atom. The van der Waals surface area contributed by atoms with E-state index in [0.29, 0.717) is 0 Å². The lowest BCUT2D eigenvalue weighted by atomic mass is 10.2. The molecule has 0 saturated heterocycles. The Morgan fingerprint density at radius 3 is 2.53 bits per heavy atom. The number of hydrogen-bond donors (Lipinski definition) is 2. The molecule has 0 amide bonds. The molecule has 1 aromatic rings. The van der Waals surface area contributed by atoms with Gasteiger partial charge in [0.1, 0.15) is 0 Å². The number of nitrogens with zero attached hydrogens (tertiary/aromatic N) is 2. The van der Waals surface area contributed by atoms with E-state index in [1.165, 1.54) is 0 Å². The van der Waals surface area contributed by atoms with E-state index >= 15 is 0 Å². The van der Waals surface area contributed by atoms with E-state index in [1.54, 1.807) is 0 Å². The van der Waals surface area contributed by atoms with Gasteiger partial charge in [-0.3, -0.25) is 4.79 Å².